The van der Waals surface area contributed by atoms with Crippen LogP contribution in [-0.4, -0.2) is 28.3 Å². The Bertz CT molecular complexity index is 902. The molecule has 0 radical (unpaired) electrons. The molecule has 8 heteroatoms. The largest absolute Gasteiger partial charge is 0.363 e. The molecule has 1 heterocycles. The van der Waals surface area contributed by atoms with Gasteiger partial charge in [0, 0.05) is 35.2 Å². The summed E-state index contributed by atoms with van der Waals surface area (Å²) in [4.78, 5) is 4.80. The second kappa shape index (κ2) is 9.64. The average Bonchev–Trinajstić information content (AvgIpc) is 2.60. The molecule has 27 heavy (non-hydrogen) atoms. The third-order valence-corrected chi connectivity index (χ3v) is 4.30. The van der Waals surface area contributed by atoms with Crippen LogP contribution in [0.2, 0.25) is 0 Å². The number of nitrogens with one attached hydrogen (secondary N) is 4. The van der Waals surface area contributed by atoms with Crippen molar-refractivity contribution < 1.29 is 0 Å². The Morgan fingerprint density at radius 1 is 0.778 bits per heavy atom. The lowest BCUT2D eigenvalue weighted by atomic mass is 10.1. The van der Waals surface area contributed by atoms with Crippen LogP contribution < -0.4 is 21.3 Å². The van der Waals surface area contributed by atoms with Gasteiger partial charge < -0.3 is 21.3 Å². The van der Waals surface area contributed by atoms with Crippen molar-refractivity contribution in [1.82, 2.24) is 15.6 Å². The van der Waals surface area contributed by atoms with E-state index in [1.807, 2.05) is 50.2 Å². The third-order valence-electron chi connectivity index (χ3n) is 3.80. The monoisotopic (exact) mass is 419 g/mol. The number of thiocarbonyl (C=S) groups is 2. The van der Waals surface area contributed by atoms with Gasteiger partial charge in [0.2, 0.25) is 0 Å². The quantitative estimate of drug-likeness (QED) is 0.368. The predicted molar refractivity (Wildman–Crippen MR) is 126 cm³/mol. The highest BCUT2D eigenvalue weighted by molar-refractivity contribution is 7.80. The summed E-state index contributed by atoms with van der Waals surface area (Å²) < 4.78 is 0. The lowest BCUT2D eigenvalue weighted by Gasteiger charge is -2.11. The Morgan fingerprint density at radius 2 is 1.22 bits per heavy atom. The maximum Gasteiger partial charge on any atom is 0.170 e. The van der Waals surface area contributed by atoms with E-state index in [-0.39, 0.29) is 12.4 Å². The number of halogens is 1. The van der Waals surface area contributed by atoms with Gasteiger partial charge in [0.25, 0.3) is 0 Å². The van der Waals surface area contributed by atoms with E-state index in [9.17, 15) is 0 Å². The van der Waals surface area contributed by atoms with Crippen molar-refractivity contribution in [2.24, 2.45) is 0 Å². The normalized spacial score (nSPS) is 10.1. The van der Waals surface area contributed by atoms with E-state index in [2.05, 4.69) is 27.3 Å². The summed E-state index contributed by atoms with van der Waals surface area (Å²) in [6, 6.07) is 14.2. The first kappa shape index (κ1) is 21.1. The Morgan fingerprint density at radius 3 is 1.63 bits per heavy atom. The predicted octanol–water partition coefficient (Wildman–Crippen LogP) is 4.42. The fraction of sp³-hybridized carbons (Fsp3) is 0.211. The van der Waals surface area contributed by atoms with Gasteiger partial charge >= 0.3 is 0 Å². The highest BCUT2D eigenvalue weighted by atomic mass is 35.5. The molecule has 0 aliphatic heterocycles. The number of pyridine rings is 1. The van der Waals surface area contributed by atoms with Crippen LogP contribution in [0.5, 0.6) is 0 Å². The molecule has 0 bridgehead atoms. The molecule has 3 rings (SSSR count). The Hall–Kier alpha value is -2.22. The zero-order valence-corrected chi connectivity index (χ0v) is 17.6. The van der Waals surface area contributed by atoms with Crippen molar-refractivity contribution in [2.75, 3.05) is 23.7 Å². The van der Waals surface area contributed by atoms with Gasteiger partial charge in [0.15, 0.2) is 10.2 Å². The molecule has 0 spiro atoms. The van der Waals surface area contributed by atoms with Crippen molar-refractivity contribution in [3.8, 4) is 0 Å². The molecule has 0 fully saturated rings. The van der Waals surface area contributed by atoms with Crippen molar-refractivity contribution in [2.45, 2.75) is 13.8 Å². The van der Waals surface area contributed by atoms with Gasteiger partial charge in [-0.1, -0.05) is 12.1 Å². The summed E-state index contributed by atoms with van der Waals surface area (Å²) >= 11 is 10.5. The molecular formula is C19H22ClN5S2. The first-order chi connectivity index (χ1) is 12.6. The highest BCUT2D eigenvalue weighted by Crippen LogP contribution is 2.24. The van der Waals surface area contributed by atoms with Crippen LogP contribution in [0, 0.1) is 0 Å². The molecule has 142 valence electrons. The van der Waals surface area contributed by atoms with Crippen molar-refractivity contribution in [3.63, 3.8) is 0 Å². The Labute approximate surface area is 175 Å². The summed E-state index contributed by atoms with van der Waals surface area (Å²) in [7, 11) is 0. The van der Waals surface area contributed by atoms with Crippen molar-refractivity contribution in [3.05, 3.63) is 42.5 Å². The summed E-state index contributed by atoms with van der Waals surface area (Å²) in [6.07, 6.45) is 0. The molecule has 0 atom stereocenters. The lowest BCUT2D eigenvalue weighted by Crippen LogP contribution is -2.27. The van der Waals surface area contributed by atoms with Crippen LogP contribution in [0.4, 0.5) is 11.4 Å². The van der Waals surface area contributed by atoms with Crippen LogP contribution in [0.15, 0.2) is 42.5 Å². The topological polar surface area (TPSA) is 61.0 Å². The molecular weight excluding hydrogens is 398 g/mol. The number of fused-ring (bicyclic) bond motifs is 2. The molecule has 0 saturated carbocycles. The van der Waals surface area contributed by atoms with E-state index in [4.69, 9.17) is 29.4 Å². The number of nitrogens with zero attached hydrogens (tertiary/aromatic N) is 1. The fourth-order valence-corrected chi connectivity index (χ4v) is 3.17. The molecule has 5 nitrogen and oxygen atoms in total. The molecule has 0 saturated heterocycles. The highest BCUT2D eigenvalue weighted by Gasteiger charge is 2.04. The minimum atomic E-state index is 0. The summed E-state index contributed by atoms with van der Waals surface area (Å²) in [5, 5.41) is 15.9. The molecule has 0 aliphatic rings. The van der Waals surface area contributed by atoms with Gasteiger partial charge in [0.1, 0.15) is 0 Å². The lowest BCUT2D eigenvalue weighted by molar-refractivity contribution is 0.979. The minimum absolute atomic E-state index is 0. The van der Waals surface area contributed by atoms with Gasteiger partial charge in [-0.15, -0.1) is 12.4 Å². The summed E-state index contributed by atoms with van der Waals surface area (Å²) in [5.74, 6) is 0. The molecule has 0 aliphatic carbocycles. The fourth-order valence-electron chi connectivity index (χ4n) is 2.65. The van der Waals surface area contributed by atoms with E-state index in [0.29, 0.717) is 10.2 Å². The summed E-state index contributed by atoms with van der Waals surface area (Å²) in [5.41, 5.74) is 3.65. The molecule has 1 aromatic heterocycles. The third kappa shape index (κ3) is 5.38. The zero-order valence-electron chi connectivity index (χ0n) is 15.1. The van der Waals surface area contributed by atoms with Gasteiger partial charge in [-0.2, -0.15) is 0 Å². The maximum absolute atomic E-state index is 5.24. The molecule has 0 unspecified atom stereocenters. The first-order valence-electron chi connectivity index (χ1n) is 8.53. The number of rotatable bonds is 4. The van der Waals surface area contributed by atoms with Crippen molar-refractivity contribution >= 4 is 80.2 Å². The van der Waals surface area contributed by atoms with Crippen LogP contribution in [0.1, 0.15) is 13.8 Å². The number of hydrogen-bond donors (Lipinski definition) is 4. The Kier molecular flexibility index (Phi) is 7.53. The maximum atomic E-state index is 5.24. The molecule has 3 aromatic rings. The van der Waals surface area contributed by atoms with Gasteiger partial charge in [0.05, 0.1) is 11.0 Å². The summed E-state index contributed by atoms with van der Waals surface area (Å²) in [6.45, 7) is 5.59. The van der Waals surface area contributed by atoms with E-state index >= 15 is 0 Å². The molecule has 0 amide bonds. The number of hydrogen-bond acceptors (Lipinski definition) is 3. The average molecular weight is 420 g/mol. The first-order valence-corrected chi connectivity index (χ1v) is 9.35. The number of anilines is 2. The van der Waals surface area contributed by atoms with Crippen LogP contribution in [-0.2, 0) is 0 Å². The van der Waals surface area contributed by atoms with Crippen LogP contribution in [0.3, 0.4) is 0 Å². The number of aromatic nitrogens is 1. The van der Waals surface area contributed by atoms with Gasteiger partial charge in [-0.25, -0.2) is 4.98 Å². The van der Waals surface area contributed by atoms with Crippen LogP contribution >= 0.6 is 36.8 Å². The smallest absolute Gasteiger partial charge is 0.170 e. The standard InChI is InChI=1S/C19H21N5S2.ClH/c1-3-20-18(25)22-14-7-5-12-9-13-6-8-15(23-19(26)21-4-2)11-17(13)24-16(12)10-14;/h5-11H,3-4H2,1-2H3,(H2,20,22,25)(H2,21,23,26);1H. The minimum Gasteiger partial charge on any atom is -0.363 e. The second-order valence-electron chi connectivity index (χ2n) is 5.77. The molecule has 4 N–H and O–H groups in total. The SMILES string of the molecule is CCNC(=S)Nc1ccc2cc3ccc(NC(=S)NCC)cc3nc2c1.Cl. The zero-order chi connectivity index (χ0) is 18.5. The van der Waals surface area contributed by atoms with E-state index in [1.54, 1.807) is 0 Å². The van der Waals surface area contributed by atoms with Crippen molar-refractivity contribution in [1.29, 1.82) is 0 Å². The Balaban J connectivity index is 0.00000261. The van der Waals surface area contributed by atoms with E-state index < -0.39 is 0 Å². The molecule has 2 aromatic carbocycles. The van der Waals surface area contributed by atoms with E-state index in [0.717, 1.165) is 46.3 Å². The second-order valence-corrected chi connectivity index (χ2v) is 6.59. The van der Waals surface area contributed by atoms with Crippen LogP contribution in [0.25, 0.3) is 21.8 Å². The van der Waals surface area contributed by atoms with E-state index in [1.165, 1.54) is 0 Å². The van der Waals surface area contributed by atoms with Gasteiger partial charge in [-0.05, 0) is 68.6 Å². The van der Waals surface area contributed by atoms with Gasteiger partial charge in [-0.3, -0.25) is 0 Å². The number of benzene rings is 2.